The lowest BCUT2D eigenvalue weighted by molar-refractivity contribution is -0.000944. The highest BCUT2D eigenvalue weighted by Gasteiger charge is 2.47. The molecule has 0 saturated carbocycles. The predicted octanol–water partition coefficient (Wildman–Crippen LogP) is 6.02. The highest BCUT2D eigenvalue weighted by Crippen LogP contribution is 2.37. The number of aromatic carboxylic acids is 1. The number of nitrogens with zero attached hydrogens (tertiary/aromatic N) is 4. The lowest BCUT2D eigenvalue weighted by Gasteiger charge is -2.37. The maximum atomic E-state index is 13.9. The number of carboxylic acid groups (broad SMARTS) is 1. The third-order valence-corrected chi connectivity index (χ3v) is 7.85. The van der Waals surface area contributed by atoms with Crippen molar-refractivity contribution >= 4 is 29.4 Å². The summed E-state index contributed by atoms with van der Waals surface area (Å²) < 4.78 is 21.6. The van der Waals surface area contributed by atoms with Gasteiger partial charge in [0.15, 0.2) is 0 Å². The molecule has 0 atom stereocenters. The minimum Gasteiger partial charge on any atom is -0.478 e. The van der Waals surface area contributed by atoms with E-state index in [0.717, 1.165) is 22.5 Å². The van der Waals surface area contributed by atoms with Gasteiger partial charge in [-0.1, -0.05) is 29.8 Å². The first-order valence-electron chi connectivity index (χ1n) is 13.0. The van der Waals surface area contributed by atoms with Gasteiger partial charge >= 0.3 is 12.1 Å². The summed E-state index contributed by atoms with van der Waals surface area (Å²) in [6.45, 7) is 2.44. The fourth-order valence-corrected chi connectivity index (χ4v) is 5.53. The number of piperidine rings is 1. The minimum atomic E-state index is -1.01. The molecule has 2 fully saturated rings. The zero-order valence-electron chi connectivity index (χ0n) is 21.5. The Morgan fingerprint density at radius 1 is 1.02 bits per heavy atom. The number of rotatable bonds is 6. The van der Waals surface area contributed by atoms with Gasteiger partial charge in [-0.25, -0.2) is 18.7 Å². The van der Waals surface area contributed by atoms with Crippen molar-refractivity contribution < 1.29 is 23.8 Å². The Balaban J connectivity index is 1.19. The van der Waals surface area contributed by atoms with Gasteiger partial charge in [0.05, 0.1) is 28.5 Å². The third-order valence-electron chi connectivity index (χ3n) is 7.56. The van der Waals surface area contributed by atoms with E-state index in [4.69, 9.17) is 26.5 Å². The number of likely N-dealkylation sites (tertiary alicyclic amines) is 1. The summed E-state index contributed by atoms with van der Waals surface area (Å²) in [6.07, 6.45) is 2.89. The summed E-state index contributed by atoms with van der Waals surface area (Å²) in [7, 11) is 0. The van der Waals surface area contributed by atoms with Crippen molar-refractivity contribution in [3.63, 3.8) is 0 Å². The molecule has 2 saturated heterocycles. The number of para-hydroxylation sites is 1. The van der Waals surface area contributed by atoms with Gasteiger partial charge in [0.1, 0.15) is 11.4 Å². The quantitative estimate of drug-likeness (QED) is 0.310. The molecule has 0 radical (unpaired) electrons. The minimum absolute atomic E-state index is 0.0443. The Bertz CT molecular complexity index is 1570. The van der Waals surface area contributed by atoms with Crippen molar-refractivity contribution in [2.24, 2.45) is 0 Å². The number of hydrogen-bond acceptors (Lipinski definition) is 5. The van der Waals surface area contributed by atoms with E-state index < -0.39 is 23.5 Å². The summed E-state index contributed by atoms with van der Waals surface area (Å²) in [5, 5.41) is 14.0. The number of hydrogen-bond donors (Lipinski definition) is 1. The van der Waals surface area contributed by atoms with Gasteiger partial charge in [0, 0.05) is 55.5 Å². The Labute approximate surface area is 235 Å². The van der Waals surface area contributed by atoms with Crippen molar-refractivity contribution in [2.45, 2.75) is 25.0 Å². The second-order valence-corrected chi connectivity index (χ2v) is 10.6. The average molecular weight is 561 g/mol. The number of amides is 1. The fraction of sp³-hybridized carbons (Fsp3) is 0.233. The molecule has 1 spiro atoms. The zero-order valence-corrected chi connectivity index (χ0v) is 22.2. The maximum absolute atomic E-state index is 13.9. The average Bonchev–Trinajstić information content (AvgIpc) is 3.53. The number of aromatic nitrogens is 2. The Morgan fingerprint density at radius 3 is 2.42 bits per heavy atom. The van der Waals surface area contributed by atoms with Crippen LogP contribution in [0.5, 0.6) is 0 Å². The molecule has 1 N–H and O–H groups in total. The molecule has 204 valence electrons. The van der Waals surface area contributed by atoms with Crippen molar-refractivity contribution in [3.05, 3.63) is 101 Å². The van der Waals surface area contributed by atoms with Crippen LogP contribution in [0.25, 0.3) is 16.9 Å². The van der Waals surface area contributed by atoms with Crippen LogP contribution in [-0.4, -0.2) is 57.1 Å². The standard InChI is InChI=1S/C30H26ClFN4O4/c31-25-16-21(8-11-26(25)32)27-22(18-36(33-27)24-4-2-1-3-5-24)17-34-14-12-30(13-15-34)19-35(29(39)40-30)23-9-6-20(7-10-23)28(37)38/h1-11,16,18H,12-15,17,19H2,(H,37,38). The molecule has 3 heterocycles. The molecule has 1 aromatic heterocycles. The molecule has 8 nitrogen and oxygen atoms in total. The summed E-state index contributed by atoms with van der Waals surface area (Å²) in [6, 6.07) is 20.6. The molecular weight excluding hydrogens is 535 g/mol. The first kappa shape index (κ1) is 26.0. The number of carbonyl (C=O) groups excluding carboxylic acids is 1. The largest absolute Gasteiger partial charge is 0.478 e. The molecule has 40 heavy (non-hydrogen) atoms. The smallest absolute Gasteiger partial charge is 0.415 e. The number of ether oxygens (including phenoxy) is 1. The Hall–Kier alpha value is -4.21. The van der Waals surface area contributed by atoms with Gasteiger partial charge in [0.2, 0.25) is 0 Å². The van der Waals surface area contributed by atoms with E-state index >= 15 is 0 Å². The highest BCUT2D eigenvalue weighted by atomic mass is 35.5. The monoisotopic (exact) mass is 560 g/mol. The number of benzene rings is 3. The van der Waals surface area contributed by atoms with Crippen LogP contribution >= 0.6 is 11.6 Å². The molecule has 1 amide bonds. The first-order chi connectivity index (χ1) is 19.3. The van der Waals surface area contributed by atoms with Crippen molar-refractivity contribution in [1.29, 1.82) is 0 Å². The maximum Gasteiger partial charge on any atom is 0.415 e. The van der Waals surface area contributed by atoms with Crippen molar-refractivity contribution in [1.82, 2.24) is 14.7 Å². The lowest BCUT2D eigenvalue weighted by atomic mass is 9.91. The SMILES string of the molecule is O=C(O)c1ccc(N2CC3(CCN(Cc4cn(-c5ccccc5)nc4-c4ccc(F)c(Cl)c4)CC3)OC2=O)cc1. The van der Waals surface area contributed by atoms with E-state index in [2.05, 4.69) is 4.90 Å². The summed E-state index contributed by atoms with van der Waals surface area (Å²) in [5.41, 5.74) is 3.54. The molecule has 0 aliphatic carbocycles. The van der Waals surface area contributed by atoms with E-state index in [1.165, 1.54) is 18.2 Å². The first-order valence-corrected chi connectivity index (χ1v) is 13.3. The lowest BCUT2D eigenvalue weighted by Crippen LogP contribution is -2.46. The molecular formula is C30H26ClFN4O4. The van der Waals surface area contributed by atoms with Gasteiger partial charge in [-0.2, -0.15) is 5.10 Å². The third kappa shape index (κ3) is 5.05. The van der Waals surface area contributed by atoms with Crippen molar-refractivity contribution in [3.8, 4) is 16.9 Å². The van der Waals surface area contributed by atoms with Crippen LogP contribution in [0, 0.1) is 5.82 Å². The van der Waals surface area contributed by atoms with E-state index in [9.17, 15) is 14.0 Å². The normalized spacial score (nSPS) is 16.9. The fourth-order valence-electron chi connectivity index (χ4n) is 5.35. The van der Waals surface area contributed by atoms with Gasteiger partial charge in [0.25, 0.3) is 0 Å². The molecule has 10 heteroatoms. The topological polar surface area (TPSA) is 87.9 Å². The van der Waals surface area contributed by atoms with E-state index in [1.807, 2.05) is 41.2 Å². The van der Waals surface area contributed by atoms with Crippen LogP contribution in [0.3, 0.4) is 0 Å². The Morgan fingerprint density at radius 2 is 1.75 bits per heavy atom. The van der Waals surface area contributed by atoms with Gasteiger partial charge in [-0.15, -0.1) is 0 Å². The second-order valence-electron chi connectivity index (χ2n) is 10.2. The van der Waals surface area contributed by atoms with Crippen LogP contribution in [0.4, 0.5) is 14.9 Å². The number of anilines is 1. The zero-order chi connectivity index (χ0) is 27.9. The number of carbonyl (C=O) groups is 2. The Kier molecular flexibility index (Phi) is 6.77. The molecule has 0 bridgehead atoms. The molecule has 2 aliphatic heterocycles. The number of carboxylic acids is 1. The van der Waals surface area contributed by atoms with E-state index in [-0.39, 0.29) is 10.6 Å². The second kappa shape index (κ2) is 10.4. The molecule has 4 aromatic rings. The van der Waals surface area contributed by atoms with Crippen molar-refractivity contribution in [2.75, 3.05) is 24.5 Å². The summed E-state index contributed by atoms with van der Waals surface area (Å²) in [5.74, 6) is -1.49. The van der Waals surface area contributed by atoms with E-state index in [0.29, 0.717) is 44.7 Å². The van der Waals surface area contributed by atoms with Crippen LogP contribution in [-0.2, 0) is 11.3 Å². The molecule has 0 unspecified atom stereocenters. The molecule has 2 aliphatic rings. The number of halogens is 2. The predicted molar refractivity (Wildman–Crippen MR) is 148 cm³/mol. The van der Waals surface area contributed by atoms with Gasteiger partial charge in [-0.3, -0.25) is 9.80 Å². The van der Waals surface area contributed by atoms with Crippen LogP contribution < -0.4 is 4.90 Å². The van der Waals surface area contributed by atoms with Gasteiger partial charge in [-0.05, 0) is 54.6 Å². The summed E-state index contributed by atoms with van der Waals surface area (Å²) >= 11 is 6.10. The summed E-state index contributed by atoms with van der Waals surface area (Å²) in [4.78, 5) is 27.8. The van der Waals surface area contributed by atoms with Crippen LogP contribution in [0.15, 0.2) is 79.0 Å². The van der Waals surface area contributed by atoms with Gasteiger partial charge < -0.3 is 9.84 Å². The van der Waals surface area contributed by atoms with Crippen LogP contribution in [0.2, 0.25) is 5.02 Å². The molecule has 3 aromatic carbocycles. The highest BCUT2D eigenvalue weighted by molar-refractivity contribution is 6.31. The van der Waals surface area contributed by atoms with E-state index in [1.54, 1.807) is 29.2 Å². The molecule has 6 rings (SSSR count). The van der Waals surface area contributed by atoms with Crippen LogP contribution in [0.1, 0.15) is 28.8 Å².